The van der Waals surface area contributed by atoms with E-state index in [9.17, 15) is 4.79 Å². The van der Waals surface area contributed by atoms with Crippen molar-refractivity contribution in [2.75, 3.05) is 6.54 Å². The first-order valence-corrected chi connectivity index (χ1v) is 5.96. The molecule has 0 aromatic heterocycles. The normalized spacial score (nSPS) is 24.6. The lowest BCUT2D eigenvalue weighted by atomic mass is 10.2. The highest BCUT2D eigenvalue weighted by atomic mass is 127. The first-order chi connectivity index (χ1) is 5.13. The van der Waals surface area contributed by atoms with E-state index in [0.29, 0.717) is 7.97 Å². The van der Waals surface area contributed by atoms with Gasteiger partial charge in [-0.15, -0.1) is 0 Å². The molecule has 0 aliphatic carbocycles. The fraction of sp³-hybridized carbons (Fsp3) is 0.833. The molecule has 5 heteroatoms. The van der Waals surface area contributed by atoms with Gasteiger partial charge in [-0.1, -0.05) is 45.2 Å². The van der Waals surface area contributed by atoms with Gasteiger partial charge >= 0.3 is 6.03 Å². The summed E-state index contributed by atoms with van der Waals surface area (Å²) in [4.78, 5) is 12.6. The fourth-order valence-corrected chi connectivity index (χ4v) is 2.82. The fourth-order valence-electron chi connectivity index (χ4n) is 1.33. The number of halogens is 2. The lowest BCUT2D eigenvalue weighted by molar-refractivity contribution is 0.206. The number of likely N-dealkylation sites (tertiary alicyclic amines) is 1. The molecule has 1 aliphatic rings. The Morgan fingerprint density at radius 3 is 2.64 bits per heavy atom. The zero-order valence-electron chi connectivity index (χ0n) is 5.96. The van der Waals surface area contributed by atoms with E-state index in [2.05, 4.69) is 45.2 Å². The van der Waals surface area contributed by atoms with Crippen molar-refractivity contribution in [2.24, 2.45) is 5.73 Å². The number of nitrogens with two attached hydrogens (primary N) is 1. The molecular weight excluding hydrogens is 370 g/mol. The van der Waals surface area contributed by atoms with Gasteiger partial charge in [-0.3, -0.25) is 0 Å². The van der Waals surface area contributed by atoms with Crippen molar-refractivity contribution in [3.8, 4) is 0 Å². The maximum absolute atomic E-state index is 10.9. The Labute approximate surface area is 93.3 Å². The van der Waals surface area contributed by atoms with Gasteiger partial charge in [0, 0.05) is 6.54 Å². The molecule has 0 saturated carbocycles. The minimum absolute atomic E-state index is 0.272. The SMILES string of the molecule is NC(=O)N1CCC[C@H]1C(I)I. The van der Waals surface area contributed by atoms with Crippen molar-refractivity contribution < 1.29 is 4.79 Å². The molecule has 64 valence electrons. The molecular formula is C6H10I2N2O. The number of amides is 2. The molecule has 1 rings (SSSR count). The summed E-state index contributed by atoms with van der Waals surface area (Å²) in [6.07, 6.45) is 2.19. The number of alkyl halides is 2. The largest absolute Gasteiger partial charge is 0.351 e. The zero-order chi connectivity index (χ0) is 8.43. The van der Waals surface area contributed by atoms with Crippen molar-refractivity contribution >= 4 is 51.2 Å². The van der Waals surface area contributed by atoms with E-state index in [-0.39, 0.29) is 6.03 Å². The molecule has 1 aliphatic heterocycles. The third-order valence-corrected chi connectivity index (χ3v) is 3.53. The Morgan fingerprint density at radius 1 is 1.64 bits per heavy atom. The van der Waals surface area contributed by atoms with E-state index in [1.54, 1.807) is 4.90 Å². The van der Waals surface area contributed by atoms with Crippen LogP contribution in [-0.2, 0) is 0 Å². The zero-order valence-corrected chi connectivity index (χ0v) is 10.3. The van der Waals surface area contributed by atoms with Crippen LogP contribution in [0.1, 0.15) is 12.8 Å². The maximum Gasteiger partial charge on any atom is 0.315 e. The van der Waals surface area contributed by atoms with Crippen LogP contribution in [0.4, 0.5) is 4.79 Å². The third kappa shape index (κ3) is 2.33. The second-order valence-electron chi connectivity index (χ2n) is 2.58. The summed E-state index contributed by atoms with van der Waals surface area (Å²) in [6, 6.07) is 0.0829. The molecule has 1 fully saturated rings. The monoisotopic (exact) mass is 380 g/mol. The van der Waals surface area contributed by atoms with Crippen LogP contribution in [-0.4, -0.2) is 25.4 Å². The van der Waals surface area contributed by atoms with E-state index >= 15 is 0 Å². The minimum Gasteiger partial charge on any atom is -0.351 e. The Balaban J connectivity index is 2.58. The van der Waals surface area contributed by atoms with Gasteiger partial charge in [-0.2, -0.15) is 0 Å². The van der Waals surface area contributed by atoms with Gasteiger partial charge in [-0.05, 0) is 12.8 Å². The van der Waals surface area contributed by atoms with E-state index in [1.165, 1.54) is 0 Å². The van der Waals surface area contributed by atoms with Crippen molar-refractivity contribution in [1.29, 1.82) is 0 Å². The molecule has 0 aromatic carbocycles. The second kappa shape index (κ2) is 4.11. The molecule has 1 atom stereocenters. The number of carbonyl (C=O) groups excluding carboxylic acids is 1. The predicted octanol–water partition coefficient (Wildman–Crippen LogP) is 1.73. The Bertz CT molecular complexity index is 163. The standard InChI is InChI=1S/C6H10I2N2O/c7-5(8)4-2-1-3-10(4)6(9)11/h4-5H,1-3H2,(H2,9,11)/t4-/m0/s1. The predicted molar refractivity (Wildman–Crippen MR) is 61.1 cm³/mol. The molecule has 1 saturated heterocycles. The lowest BCUT2D eigenvalue weighted by Crippen LogP contribution is -2.41. The van der Waals surface area contributed by atoms with E-state index in [0.717, 1.165) is 19.4 Å². The van der Waals surface area contributed by atoms with E-state index in [4.69, 9.17) is 5.73 Å². The van der Waals surface area contributed by atoms with E-state index in [1.807, 2.05) is 0 Å². The molecule has 1 heterocycles. The highest BCUT2D eigenvalue weighted by molar-refractivity contribution is 14.2. The van der Waals surface area contributed by atoms with Crippen molar-refractivity contribution in [3.63, 3.8) is 0 Å². The lowest BCUT2D eigenvalue weighted by Gasteiger charge is -2.23. The van der Waals surface area contributed by atoms with Gasteiger partial charge in [0.25, 0.3) is 0 Å². The number of primary amides is 1. The van der Waals surface area contributed by atoms with Gasteiger partial charge in [0.2, 0.25) is 0 Å². The van der Waals surface area contributed by atoms with Crippen LogP contribution in [0.25, 0.3) is 0 Å². The third-order valence-electron chi connectivity index (χ3n) is 1.87. The van der Waals surface area contributed by atoms with Crippen LogP contribution in [0.15, 0.2) is 0 Å². The molecule has 0 radical (unpaired) electrons. The van der Waals surface area contributed by atoms with Gasteiger partial charge in [0.05, 0.1) is 7.97 Å². The summed E-state index contributed by atoms with van der Waals surface area (Å²) in [6.45, 7) is 0.836. The highest BCUT2D eigenvalue weighted by Crippen LogP contribution is 2.28. The first kappa shape index (κ1) is 9.82. The minimum atomic E-state index is -0.272. The average molecular weight is 380 g/mol. The van der Waals surface area contributed by atoms with Crippen LogP contribution < -0.4 is 5.73 Å². The van der Waals surface area contributed by atoms with Crippen molar-refractivity contribution in [2.45, 2.75) is 20.8 Å². The number of rotatable bonds is 1. The van der Waals surface area contributed by atoms with Gasteiger partial charge in [0.1, 0.15) is 0 Å². The average Bonchev–Trinajstić information content (AvgIpc) is 2.32. The van der Waals surface area contributed by atoms with E-state index < -0.39 is 0 Å². The van der Waals surface area contributed by atoms with Gasteiger partial charge in [-0.25, -0.2) is 4.79 Å². The summed E-state index contributed by atoms with van der Waals surface area (Å²) in [5.41, 5.74) is 5.21. The number of hydrogen-bond donors (Lipinski definition) is 1. The second-order valence-corrected chi connectivity index (χ2v) is 7.64. The molecule has 3 nitrogen and oxygen atoms in total. The molecule has 0 bridgehead atoms. The first-order valence-electron chi connectivity index (χ1n) is 3.47. The number of carbonyl (C=O) groups is 1. The summed E-state index contributed by atoms with van der Waals surface area (Å²) in [7, 11) is 0. The van der Waals surface area contributed by atoms with Crippen LogP contribution in [0, 0.1) is 0 Å². The molecule has 0 spiro atoms. The maximum atomic E-state index is 10.9. The Morgan fingerprint density at radius 2 is 2.27 bits per heavy atom. The van der Waals surface area contributed by atoms with Crippen LogP contribution in [0.2, 0.25) is 0 Å². The van der Waals surface area contributed by atoms with Crippen LogP contribution in [0.3, 0.4) is 0 Å². The van der Waals surface area contributed by atoms with Crippen molar-refractivity contribution in [3.05, 3.63) is 0 Å². The molecule has 0 aromatic rings. The van der Waals surface area contributed by atoms with Gasteiger partial charge in [0.15, 0.2) is 0 Å². The summed E-state index contributed by atoms with van der Waals surface area (Å²) < 4.78 is 0.472. The Kier molecular flexibility index (Phi) is 3.66. The number of nitrogens with zero attached hydrogens (tertiary/aromatic N) is 1. The Hall–Kier alpha value is 0.730. The number of hydrogen-bond acceptors (Lipinski definition) is 1. The molecule has 11 heavy (non-hydrogen) atoms. The quantitative estimate of drug-likeness (QED) is 0.547. The summed E-state index contributed by atoms with van der Waals surface area (Å²) in [5, 5.41) is 0. The topological polar surface area (TPSA) is 46.3 Å². The smallest absolute Gasteiger partial charge is 0.315 e. The van der Waals surface area contributed by atoms with Gasteiger partial charge < -0.3 is 10.6 Å². The van der Waals surface area contributed by atoms with Crippen molar-refractivity contribution in [1.82, 2.24) is 4.90 Å². The molecule has 0 unspecified atom stereocenters. The highest BCUT2D eigenvalue weighted by Gasteiger charge is 2.30. The molecule has 2 amide bonds. The molecule has 2 N–H and O–H groups in total. The summed E-state index contributed by atoms with van der Waals surface area (Å²) in [5.74, 6) is 0. The number of urea groups is 1. The van der Waals surface area contributed by atoms with Crippen LogP contribution >= 0.6 is 45.2 Å². The summed E-state index contributed by atoms with van der Waals surface area (Å²) >= 11 is 4.66. The van der Waals surface area contributed by atoms with Crippen LogP contribution in [0.5, 0.6) is 0 Å².